The van der Waals surface area contributed by atoms with Gasteiger partial charge in [0.15, 0.2) is 5.82 Å². The van der Waals surface area contributed by atoms with Crippen LogP contribution in [-0.4, -0.2) is 55.1 Å². The van der Waals surface area contributed by atoms with Gasteiger partial charge < -0.3 is 0 Å². The molecular weight excluding hydrogens is 388 g/mol. The van der Waals surface area contributed by atoms with Crippen LogP contribution in [0.1, 0.15) is 23.9 Å². The molecule has 0 radical (unpaired) electrons. The van der Waals surface area contributed by atoms with E-state index in [1.807, 2.05) is 31.2 Å². The molecule has 7 heteroatoms. The summed E-state index contributed by atoms with van der Waals surface area (Å²) in [7, 11) is 0. The fourth-order valence-electron chi connectivity index (χ4n) is 4.58. The molecule has 0 bridgehead atoms. The first kappa shape index (κ1) is 19.9. The van der Waals surface area contributed by atoms with Crippen LogP contribution in [0.15, 0.2) is 53.3 Å². The number of para-hydroxylation sites is 1. The van der Waals surface area contributed by atoms with E-state index in [4.69, 9.17) is 0 Å². The topological polar surface area (TPSA) is 58.7 Å². The lowest BCUT2D eigenvalue weighted by Crippen LogP contribution is -2.45. The minimum atomic E-state index is -0.00527. The van der Waals surface area contributed by atoms with E-state index in [-0.39, 0.29) is 5.56 Å². The lowest BCUT2D eigenvalue weighted by molar-refractivity contribution is 0.119. The number of hydrogen-bond donors (Lipinski definition) is 0. The summed E-state index contributed by atoms with van der Waals surface area (Å²) < 4.78 is 3.76. The van der Waals surface area contributed by atoms with Gasteiger partial charge in [0.2, 0.25) is 5.78 Å². The molecule has 0 aliphatic carbocycles. The van der Waals surface area contributed by atoms with Gasteiger partial charge >= 0.3 is 0 Å². The summed E-state index contributed by atoms with van der Waals surface area (Å²) >= 11 is 0. The zero-order chi connectivity index (χ0) is 21.4. The molecule has 0 unspecified atom stereocenters. The highest BCUT2D eigenvalue weighted by atomic mass is 16.1. The fourth-order valence-corrected chi connectivity index (χ4v) is 4.58. The highest BCUT2D eigenvalue weighted by Crippen LogP contribution is 2.17. The zero-order valence-electron chi connectivity index (χ0n) is 18.2. The third-order valence-corrected chi connectivity index (χ3v) is 6.21. The molecule has 5 rings (SSSR count). The Morgan fingerprint density at radius 2 is 1.65 bits per heavy atom. The number of hydrogen-bond acceptors (Lipinski definition) is 5. The van der Waals surface area contributed by atoms with Crippen molar-refractivity contribution in [3.05, 3.63) is 75.8 Å². The second-order valence-corrected chi connectivity index (χ2v) is 8.36. The molecule has 1 fully saturated rings. The molecule has 0 atom stereocenters. The smallest absolute Gasteiger partial charge is 0.262 e. The summed E-state index contributed by atoms with van der Waals surface area (Å²) in [6.07, 6.45) is 0. The van der Waals surface area contributed by atoms with Crippen LogP contribution in [0.3, 0.4) is 0 Å². The molecule has 2 aromatic carbocycles. The average molecular weight is 417 g/mol. The van der Waals surface area contributed by atoms with Gasteiger partial charge in [-0.2, -0.15) is 0 Å². The van der Waals surface area contributed by atoms with Crippen molar-refractivity contribution < 1.29 is 0 Å². The van der Waals surface area contributed by atoms with E-state index in [2.05, 4.69) is 55.6 Å². The summed E-state index contributed by atoms with van der Waals surface area (Å²) in [5, 5.41) is 9.58. The van der Waals surface area contributed by atoms with Crippen LogP contribution < -0.4 is 5.56 Å². The van der Waals surface area contributed by atoms with Crippen molar-refractivity contribution in [3.8, 4) is 0 Å². The van der Waals surface area contributed by atoms with E-state index in [0.717, 1.165) is 50.6 Å². The van der Waals surface area contributed by atoms with Gasteiger partial charge in [0.1, 0.15) is 0 Å². The fraction of sp³-hybridized carbons (Fsp3) is 0.375. The van der Waals surface area contributed by atoms with Gasteiger partial charge in [-0.25, -0.2) is 0 Å². The molecule has 7 nitrogen and oxygen atoms in total. The molecule has 160 valence electrons. The lowest BCUT2D eigenvalue weighted by atomic mass is 10.1. The SMILES string of the molecule is CCn1c(=O)c2ccccc2n2c(CN3CCN(Cc4cccc(C)c4)CC3)nnc12. The predicted molar refractivity (Wildman–Crippen MR) is 122 cm³/mol. The van der Waals surface area contributed by atoms with Gasteiger partial charge in [0.05, 0.1) is 17.4 Å². The van der Waals surface area contributed by atoms with Crippen molar-refractivity contribution in [1.29, 1.82) is 0 Å². The molecule has 0 N–H and O–H groups in total. The van der Waals surface area contributed by atoms with Crippen LogP contribution in [0.5, 0.6) is 0 Å². The van der Waals surface area contributed by atoms with Gasteiger partial charge in [0, 0.05) is 39.3 Å². The van der Waals surface area contributed by atoms with E-state index < -0.39 is 0 Å². The van der Waals surface area contributed by atoms with Gasteiger partial charge in [-0.1, -0.05) is 42.0 Å². The first-order chi connectivity index (χ1) is 15.1. The van der Waals surface area contributed by atoms with Gasteiger partial charge in [-0.3, -0.25) is 23.6 Å². The number of fused-ring (bicyclic) bond motifs is 3. The van der Waals surface area contributed by atoms with E-state index in [1.54, 1.807) is 4.57 Å². The van der Waals surface area contributed by atoms with Crippen molar-refractivity contribution >= 4 is 16.7 Å². The summed E-state index contributed by atoms with van der Waals surface area (Å²) in [6.45, 7) is 10.5. The quantitative estimate of drug-likeness (QED) is 0.501. The van der Waals surface area contributed by atoms with E-state index in [0.29, 0.717) is 17.7 Å². The van der Waals surface area contributed by atoms with Crippen molar-refractivity contribution in [3.63, 3.8) is 0 Å². The molecule has 0 saturated carbocycles. The third kappa shape index (κ3) is 3.75. The molecule has 1 saturated heterocycles. The summed E-state index contributed by atoms with van der Waals surface area (Å²) in [4.78, 5) is 17.8. The van der Waals surface area contributed by atoms with Crippen LogP contribution >= 0.6 is 0 Å². The highest BCUT2D eigenvalue weighted by Gasteiger charge is 2.21. The average Bonchev–Trinajstić information content (AvgIpc) is 3.19. The minimum absolute atomic E-state index is 0.00527. The molecule has 1 aliphatic rings. The summed E-state index contributed by atoms with van der Waals surface area (Å²) in [5.41, 5.74) is 3.56. The van der Waals surface area contributed by atoms with E-state index in [9.17, 15) is 4.79 Å². The van der Waals surface area contributed by atoms with Crippen LogP contribution in [0, 0.1) is 6.92 Å². The van der Waals surface area contributed by atoms with E-state index >= 15 is 0 Å². The minimum Gasteiger partial charge on any atom is -0.297 e. The van der Waals surface area contributed by atoms with Crippen molar-refractivity contribution in [1.82, 2.24) is 29.0 Å². The Balaban J connectivity index is 1.36. The zero-order valence-corrected chi connectivity index (χ0v) is 18.2. The van der Waals surface area contributed by atoms with Crippen molar-refractivity contribution in [2.75, 3.05) is 26.2 Å². The van der Waals surface area contributed by atoms with Crippen LogP contribution in [0.2, 0.25) is 0 Å². The van der Waals surface area contributed by atoms with Gasteiger partial charge in [-0.05, 0) is 31.5 Å². The number of aromatic nitrogens is 4. The van der Waals surface area contributed by atoms with Gasteiger partial charge in [0.25, 0.3) is 5.56 Å². The molecular formula is C24H28N6O. The molecule has 2 aromatic heterocycles. The second-order valence-electron chi connectivity index (χ2n) is 8.36. The van der Waals surface area contributed by atoms with E-state index in [1.165, 1.54) is 11.1 Å². The number of benzene rings is 2. The Morgan fingerprint density at radius 1 is 0.903 bits per heavy atom. The lowest BCUT2D eigenvalue weighted by Gasteiger charge is -2.34. The Bertz CT molecular complexity index is 1280. The molecule has 0 amide bonds. The highest BCUT2D eigenvalue weighted by molar-refractivity contribution is 5.80. The number of aryl methyl sites for hydroxylation is 2. The first-order valence-corrected chi connectivity index (χ1v) is 11.0. The Hall–Kier alpha value is -3.03. The predicted octanol–water partition coefficient (Wildman–Crippen LogP) is 2.69. The summed E-state index contributed by atoms with van der Waals surface area (Å²) in [5.74, 6) is 1.51. The van der Waals surface area contributed by atoms with Crippen LogP contribution in [0.4, 0.5) is 0 Å². The Morgan fingerprint density at radius 3 is 2.39 bits per heavy atom. The largest absolute Gasteiger partial charge is 0.297 e. The third-order valence-electron chi connectivity index (χ3n) is 6.21. The maximum absolute atomic E-state index is 12.8. The molecule has 4 aromatic rings. The monoisotopic (exact) mass is 416 g/mol. The maximum atomic E-state index is 12.8. The van der Waals surface area contributed by atoms with Crippen molar-refractivity contribution in [2.45, 2.75) is 33.5 Å². The Kier molecular flexibility index (Phi) is 5.29. The molecule has 3 heterocycles. The number of piperazine rings is 1. The molecule has 0 spiro atoms. The molecule has 31 heavy (non-hydrogen) atoms. The number of nitrogens with zero attached hydrogens (tertiary/aromatic N) is 6. The first-order valence-electron chi connectivity index (χ1n) is 11.0. The normalized spacial score (nSPS) is 15.8. The van der Waals surface area contributed by atoms with Crippen LogP contribution in [-0.2, 0) is 19.6 Å². The second kappa shape index (κ2) is 8.24. The van der Waals surface area contributed by atoms with Gasteiger partial charge in [-0.15, -0.1) is 10.2 Å². The maximum Gasteiger partial charge on any atom is 0.262 e. The van der Waals surface area contributed by atoms with Crippen LogP contribution in [0.25, 0.3) is 16.7 Å². The Labute approximate surface area is 181 Å². The molecule has 1 aliphatic heterocycles. The summed E-state index contributed by atoms with van der Waals surface area (Å²) in [6, 6.07) is 16.5. The van der Waals surface area contributed by atoms with Crippen molar-refractivity contribution in [2.24, 2.45) is 0 Å². The number of rotatable bonds is 5. The standard InChI is InChI=1S/C24H28N6O/c1-3-29-23(31)20-9-4-5-10-21(20)30-22(25-26-24(29)30)17-28-13-11-27(12-14-28)16-19-8-6-7-18(2)15-19/h4-10,15H,3,11-14,16-17H2,1-2H3.